The molecule has 134 valence electrons. The molecule has 0 N–H and O–H groups in total. The first-order valence-electron chi connectivity index (χ1n) is 9.14. The Labute approximate surface area is 149 Å². The Balaban J connectivity index is 1.75. The van der Waals surface area contributed by atoms with Crippen LogP contribution in [0.25, 0.3) is 5.57 Å². The van der Waals surface area contributed by atoms with Crippen LogP contribution in [0.1, 0.15) is 36.8 Å². The lowest BCUT2D eigenvalue weighted by atomic mass is 9.58. The molecule has 1 fully saturated rings. The Morgan fingerprint density at radius 2 is 1.92 bits per heavy atom. The molecule has 0 amide bonds. The van der Waals surface area contributed by atoms with Gasteiger partial charge in [-0.25, -0.2) is 0 Å². The molecule has 1 saturated carbocycles. The average Bonchev–Trinajstić information content (AvgIpc) is 2.67. The minimum Gasteiger partial charge on any atom is -0.497 e. The number of Topliss-reactive ketones (excluding diaryl/α,β-unsaturated/α-hetero) is 1. The molecular formula is C21H26O4. The molecule has 0 heterocycles. The third-order valence-electron chi connectivity index (χ3n) is 6.55. The van der Waals surface area contributed by atoms with Crippen LogP contribution in [-0.4, -0.2) is 32.9 Å². The predicted octanol–water partition coefficient (Wildman–Crippen LogP) is 3.63. The molecule has 0 aromatic heterocycles. The van der Waals surface area contributed by atoms with E-state index in [1.54, 1.807) is 21.3 Å². The highest BCUT2D eigenvalue weighted by molar-refractivity contribution is 5.87. The Morgan fingerprint density at radius 1 is 1.12 bits per heavy atom. The van der Waals surface area contributed by atoms with Gasteiger partial charge in [0.1, 0.15) is 11.5 Å². The number of methoxy groups -OCH3 is 3. The number of carbonyl (C=O) groups excluding carboxylic acids is 1. The zero-order valence-electron chi connectivity index (χ0n) is 15.2. The molecule has 0 saturated heterocycles. The smallest absolute Gasteiger partial charge is 0.171 e. The highest BCUT2D eigenvalue weighted by Gasteiger charge is 2.54. The van der Waals surface area contributed by atoms with Crippen LogP contribution in [0.15, 0.2) is 24.3 Å². The second-order valence-corrected chi connectivity index (χ2v) is 7.38. The number of carbonyl (C=O) groups is 1. The van der Waals surface area contributed by atoms with Crippen LogP contribution in [0.2, 0.25) is 0 Å². The molecule has 4 rings (SSSR count). The van der Waals surface area contributed by atoms with Crippen molar-refractivity contribution >= 4 is 11.4 Å². The van der Waals surface area contributed by atoms with Crippen LogP contribution in [0.3, 0.4) is 0 Å². The van der Waals surface area contributed by atoms with Crippen molar-refractivity contribution in [2.45, 2.75) is 37.9 Å². The summed E-state index contributed by atoms with van der Waals surface area (Å²) in [5, 5.41) is 0. The summed E-state index contributed by atoms with van der Waals surface area (Å²) in [4.78, 5) is 12.9. The third-order valence-corrected chi connectivity index (χ3v) is 6.55. The van der Waals surface area contributed by atoms with E-state index in [-0.39, 0.29) is 17.8 Å². The quantitative estimate of drug-likeness (QED) is 0.787. The minimum atomic E-state index is -0.624. The highest BCUT2D eigenvalue weighted by Crippen LogP contribution is 2.53. The van der Waals surface area contributed by atoms with E-state index >= 15 is 0 Å². The van der Waals surface area contributed by atoms with Crippen molar-refractivity contribution in [2.24, 2.45) is 17.8 Å². The Bertz CT molecular complexity index is 717. The molecule has 0 aliphatic heterocycles. The molecule has 0 radical (unpaired) electrons. The highest BCUT2D eigenvalue weighted by atomic mass is 16.7. The van der Waals surface area contributed by atoms with Gasteiger partial charge in [0.2, 0.25) is 0 Å². The van der Waals surface area contributed by atoms with E-state index in [0.29, 0.717) is 18.6 Å². The Morgan fingerprint density at radius 3 is 2.64 bits per heavy atom. The van der Waals surface area contributed by atoms with Gasteiger partial charge in [-0.15, -0.1) is 0 Å². The molecule has 1 aromatic carbocycles. The van der Waals surface area contributed by atoms with Crippen LogP contribution in [-0.2, 0) is 20.7 Å². The molecule has 0 spiro atoms. The van der Waals surface area contributed by atoms with Gasteiger partial charge in [-0.3, -0.25) is 4.79 Å². The number of hydrogen-bond acceptors (Lipinski definition) is 4. The summed E-state index contributed by atoms with van der Waals surface area (Å²) in [6, 6.07) is 6.31. The molecule has 3 unspecified atom stereocenters. The van der Waals surface area contributed by atoms with Crippen LogP contribution >= 0.6 is 0 Å². The lowest BCUT2D eigenvalue weighted by Crippen LogP contribution is -2.54. The number of ether oxygens (including phenoxy) is 3. The molecule has 4 heteroatoms. The van der Waals surface area contributed by atoms with Crippen LogP contribution in [0.4, 0.5) is 0 Å². The van der Waals surface area contributed by atoms with E-state index in [9.17, 15) is 4.79 Å². The monoisotopic (exact) mass is 342 g/mol. The number of benzene rings is 1. The van der Waals surface area contributed by atoms with Crippen molar-refractivity contribution in [1.82, 2.24) is 0 Å². The molecule has 0 bridgehead atoms. The lowest BCUT2D eigenvalue weighted by Gasteiger charge is -2.50. The van der Waals surface area contributed by atoms with Crippen LogP contribution < -0.4 is 4.74 Å². The van der Waals surface area contributed by atoms with E-state index in [4.69, 9.17) is 14.2 Å². The molecule has 3 aliphatic rings. The zero-order valence-corrected chi connectivity index (χ0v) is 15.2. The van der Waals surface area contributed by atoms with Crippen molar-refractivity contribution < 1.29 is 19.0 Å². The molecule has 4 nitrogen and oxygen atoms in total. The van der Waals surface area contributed by atoms with Crippen LogP contribution in [0.5, 0.6) is 5.75 Å². The first-order chi connectivity index (χ1) is 12.1. The summed E-state index contributed by atoms with van der Waals surface area (Å²) in [6.45, 7) is 0. The van der Waals surface area contributed by atoms with E-state index in [1.807, 2.05) is 6.07 Å². The summed E-state index contributed by atoms with van der Waals surface area (Å²) < 4.78 is 17.0. The van der Waals surface area contributed by atoms with Gasteiger partial charge in [-0.05, 0) is 54.0 Å². The molecule has 1 aromatic rings. The SMILES string of the molecule is COc1ccc2c(c1)CCC1C2=CCC2C1C(=O)CCC2(OC)OC. The van der Waals surface area contributed by atoms with E-state index < -0.39 is 5.79 Å². The number of aryl methyl sites for hydroxylation is 1. The zero-order chi connectivity index (χ0) is 17.6. The lowest BCUT2D eigenvalue weighted by molar-refractivity contribution is -0.263. The van der Waals surface area contributed by atoms with Crippen molar-refractivity contribution in [3.8, 4) is 5.75 Å². The topological polar surface area (TPSA) is 44.8 Å². The largest absolute Gasteiger partial charge is 0.497 e. The van der Waals surface area contributed by atoms with Gasteiger partial charge in [0.05, 0.1) is 7.11 Å². The van der Waals surface area contributed by atoms with Gasteiger partial charge >= 0.3 is 0 Å². The van der Waals surface area contributed by atoms with E-state index in [0.717, 1.165) is 25.0 Å². The summed E-state index contributed by atoms with van der Waals surface area (Å²) in [6.07, 6.45) is 6.34. The summed E-state index contributed by atoms with van der Waals surface area (Å²) in [7, 11) is 5.11. The fourth-order valence-electron chi connectivity index (χ4n) is 5.31. The number of fused-ring (bicyclic) bond motifs is 5. The van der Waals surface area contributed by atoms with Gasteiger partial charge in [0.25, 0.3) is 0 Å². The summed E-state index contributed by atoms with van der Waals surface area (Å²) in [5.41, 5.74) is 3.95. The van der Waals surface area contributed by atoms with Crippen molar-refractivity contribution in [3.63, 3.8) is 0 Å². The Kier molecular flexibility index (Phi) is 4.20. The van der Waals surface area contributed by atoms with Gasteiger partial charge in [0, 0.05) is 38.9 Å². The Hall–Kier alpha value is -1.65. The molecule has 3 aliphatic carbocycles. The van der Waals surface area contributed by atoms with Gasteiger partial charge in [-0.2, -0.15) is 0 Å². The normalized spacial score (nSPS) is 30.0. The first kappa shape index (κ1) is 16.8. The van der Waals surface area contributed by atoms with Crippen molar-refractivity contribution in [2.75, 3.05) is 21.3 Å². The number of rotatable bonds is 3. The number of ketones is 1. The van der Waals surface area contributed by atoms with Gasteiger partial charge < -0.3 is 14.2 Å². The van der Waals surface area contributed by atoms with Gasteiger partial charge in [0.15, 0.2) is 5.79 Å². The second kappa shape index (κ2) is 6.26. The minimum absolute atomic E-state index is 0.00361. The molecule has 25 heavy (non-hydrogen) atoms. The fraction of sp³-hybridized carbons (Fsp3) is 0.571. The van der Waals surface area contributed by atoms with E-state index in [2.05, 4.69) is 18.2 Å². The second-order valence-electron chi connectivity index (χ2n) is 7.38. The molecule has 3 atom stereocenters. The van der Waals surface area contributed by atoms with E-state index in [1.165, 1.54) is 16.7 Å². The summed E-state index contributed by atoms with van der Waals surface area (Å²) >= 11 is 0. The number of allylic oxidation sites excluding steroid dienone is 2. The standard InChI is InChI=1S/C21H26O4/c1-23-14-5-7-15-13(12-14)4-6-17-16(15)8-9-18-20(17)19(22)10-11-21(18,24-2)25-3/h5,7-8,12,17-18,20H,4,6,9-11H2,1-3H3. The first-order valence-corrected chi connectivity index (χ1v) is 9.14. The van der Waals surface area contributed by atoms with Crippen molar-refractivity contribution in [1.29, 1.82) is 0 Å². The maximum atomic E-state index is 12.9. The fourth-order valence-corrected chi connectivity index (χ4v) is 5.31. The van der Waals surface area contributed by atoms with Gasteiger partial charge in [-0.1, -0.05) is 12.1 Å². The number of hydrogen-bond donors (Lipinski definition) is 0. The third kappa shape index (κ3) is 2.46. The maximum Gasteiger partial charge on any atom is 0.171 e. The predicted molar refractivity (Wildman–Crippen MR) is 95.4 cm³/mol. The van der Waals surface area contributed by atoms with Crippen LogP contribution in [0, 0.1) is 17.8 Å². The average molecular weight is 342 g/mol. The molecular weight excluding hydrogens is 316 g/mol. The maximum absolute atomic E-state index is 12.9. The van der Waals surface area contributed by atoms with Crippen molar-refractivity contribution in [3.05, 3.63) is 35.4 Å². The summed E-state index contributed by atoms with van der Waals surface area (Å²) in [5.74, 6) is 1.04.